The summed E-state index contributed by atoms with van der Waals surface area (Å²) < 4.78 is 5.24. The normalized spacial score (nSPS) is 13.7. The minimum Gasteiger partial charge on any atom is -0.506 e. The Balaban J connectivity index is 2.65. The van der Waals surface area contributed by atoms with Crippen LogP contribution in [0.25, 0.3) is 0 Å². The highest BCUT2D eigenvalue weighted by Gasteiger charge is 2.25. The zero-order valence-corrected chi connectivity index (χ0v) is 9.93. The molecule has 80 valence electrons. The number of aromatic hydroxyl groups is 1. The number of hydrogen-bond donors (Lipinski definition) is 1. The van der Waals surface area contributed by atoms with E-state index in [1.165, 1.54) is 7.11 Å². The smallest absolute Gasteiger partial charge is 0.341 e. The lowest BCUT2D eigenvalue weighted by Crippen LogP contribution is -2.06. The van der Waals surface area contributed by atoms with Crippen LogP contribution in [0.5, 0.6) is 5.75 Å². The second-order valence-corrected chi connectivity index (χ2v) is 4.42. The van der Waals surface area contributed by atoms with Crippen LogP contribution in [0.2, 0.25) is 0 Å². The molecule has 2 rings (SSSR count). The van der Waals surface area contributed by atoms with E-state index in [1.54, 1.807) is 0 Å². The molecule has 1 N–H and O–H groups in total. The fourth-order valence-corrected chi connectivity index (χ4v) is 2.49. The summed E-state index contributed by atoms with van der Waals surface area (Å²) in [6.45, 7) is 0. The van der Waals surface area contributed by atoms with Crippen LogP contribution < -0.4 is 0 Å². The predicted molar refractivity (Wildman–Crippen MR) is 59.2 cm³/mol. The number of methoxy groups -OCH3 is 1. The van der Waals surface area contributed by atoms with Gasteiger partial charge >= 0.3 is 5.97 Å². The molecule has 0 bridgehead atoms. The van der Waals surface area contributed by atoms with E-state index in [1.807, 2.05) is 6.07 Å². The van der Waals surface area contributed by atoms with Crippen molar-refractivity contribution in [3.8, 4) is 5.75 Å². The van der Waals surface area contributed by atoms with Crippen LogP contribution in [0.4, 0.5) is 0 Å². The lowest BCUT2D eigenvalue weighted by molar-refractivity contribution is 0.0596. The maximum atomic E-state index is 11.5. The van der Waals surface area contributed by atoms with Gasteiger partial charge in [-0.3, -0.25) is 0 Å². The highest BCUT2D eigenvalue weighted by atomic mass is 79.9. The average Bonchev–Trinajstić information content (AvgIpc) is 2.66. The molecule has 0 heterocycles. The number of halogens is 1. The van der Waals surface area contributed by atoms with Crippen molar-refractivity contribution < 1.29 is 14.6 Å². The van der Waals surface area contributed by atoms with Crippen molar-refractivity contribution in [1.29, 1.82) is 0 Å². The van der Waals surface area contributed by atoms with Gasteiger partial charge in [0, 0.05) is 0 Å². The number of rotatable bonds is 1. The predicted octanol–water partition coefficient (Wildman–Crippen LogP) is 2.43. The lowest BCUT2D eigenvalue weighted by Gasteiger charge is -2.10. The molecule has 4 heteroatoms. The van der Waals surface area contributed by atoms with Crippen molar-refractivity contribution in [2.45, 2.75) is 19.3 Å². The van der Waals surface area contributed by atoms with Gasteiger partial charge in [0.05, 0.1) is 11.6 Å². The third-order valence-corrected chi connectivity index (χ3v) is 3.32. The number of hydrogen-bond acceptors (Lipinski definition) is 3. The number of fused-ring (bicyclic) bond motifs is 1. The molecule has 0 aromatic heterocycles. The van der Waals surface area contributed by atoms with Crippen LogP contribution in [0.3, 0.4) is 0 Å². The van der Waals surface area contributed by atoms with E-state index in [-0.39, 0.29) is 5.75 Å². The third-order valence-electron chi connectivity index (χ3n) is 2.72. The summed E-state index contributed by atoms with van der Waals surface area (Å²) in [4.78, 5) is 11.5. The minimum absolute atomic E-state index is 0.0116. The van der Waals surface area contributed by atoms with Crippen LogP contribution in [-0.2, 0) is 17.6 Å². The Bertz CT molecular complexity index is 426. The fraction of sp³-hybridized carbons (Fsp3) is 0.364. The molecule has 0 amide bonds. The van der Waals surface area contributed by atoms with Gasteiger partial charge in [0.2, 0.25) is 0 Å². The molecule has 0 unspecified atom stereocenters. The maximum Gasteiger partial charge on any atom is 0.341 e. The number of aryl methyl sites for hydroxylation is 1. The zero-order chi connectivity index (χ0) is 11.0. The van der Waals surface area contributed by atoms with Crippen molar-refractivity contribution in [3.63, 3.8) is 0 Å². The summed E-state index contributed by atoms with van der Waals surface area (Å²) in [6.07, 6.45) is 2.81. The number of phenols is 1. The first-order chi connectivity index (χ1) is 7.15. The van der Waals surface area contributed by atoms with Crippen LogP contribution in [0.15, 0.2) is 10.5 Å². The van der Waals surface area contributed by atoms with E-state index >= 15 is 0 Å². The van der Waals surface area contributed by atoms with Crippen molar-refractivity contribution in [1.82, 2.24) is 0 Å². The monoisotopic (exact) mass is 270 g/mol. The molecule has 0 fully saturated rings. The molecule has 0 atom stereocenters. The summed E-state index contributed by atoms with van der Waals surface area (Å²) in [5.74, 6) is -0.477. The second-order valence-electron chi connectivity index (χ2n) is 3.56. The van der Waals surface area contributed by atoms with Crippen molar-refractivity contribution in [2.24, 2.45) is 0 Å². The number of carbonyl (C=O) groups excluding carboxylic acids is 1. The first-order valence-corrected chi connectivity index (χ1v) is 5.56. The average molecular weight is 271 g/mol. The van der Waals surface area contributed by atoms with Gasteiger partial charge in [-0.15, -0.1) is 0 Å². The molecule has 15 heavy (non-hydrogen) atoms. The quantitative estimate of drug-likeness (QED) is 0.798. The lowest BCUT2D eigenvalue weighted by atomic mass is 10.0. The Hall–Kier alpha value is -1.03. The highest BCUT2D eigenvalue weighted by molar-refractivity contribution is 9.10. The van der Waals surface area contributed by atoms with E-state index in [9.17, 15) is 9.90 Å². The SMILES string of the molecule is COC(=O)c1c(O)c(Br)cc2c1CCC2. The summed E-state index contributed by atoms with van der Waals surface area (Å²) >= 11 is 3.24. The Morgan fingerprint density at radius 3 is 2.93 bits per heavy atom. The molecule has 0 saturated heterocycles. The van der Waals surface area contributed by atoms with E-state index in [0.717, 1.165) is 30.4 Å². The number of carbonyl (C=O) groups is 1. The Kier molecular flexibility index (Phi) is 2.69. The van der Waals surface area contributed by atoms with Gasteiger partial charge in [0.1, 0.15) is 11.3 Å². The Labute approximate surface area is 96.2 Å². The van der Waals surface area contributed by atoms with Crippen LogP contribution in [-0.4, -0.2) is 18.2 Å². The second kappa shape index (κ2) is 3.85. The Morgan fingerprint density at radius 2 is 2.27 bits per heavy atom. The van der Waals surface area contributed by atoms with Crippen molar-refractivity contribution >= 4 is 21.9 Å². The molecular formula is C11H11BrO3. The molecular weight excluding hydrogens is 260 g/mol. The molecule has 3 nitrogen and oxygen atoms in total. The molecule has 1 aliphatic rings. The number of benzene rings is 1. The van der Waals surface area contributed by atoms with Crippen molar-refractivity contribution in [2.75, 3.05) is 7.11 Å². The first-order valence-electron chi connectivity index (χ1n) is 4.76. The van der Waals surface area contributed by atoms with Gasteiger partial charge in [-0.1, -0.05) is 0 Å². The van der Waals surface area contributed by atoms with Crippen LogP contribution >= 0.6 is 15.9 Å². The Morgan fingerprint density at radius 1 is 1.53 bits per heavy atom. The van der Waals surface area contributed by atoms with Gasteiger partial charge in [-0.05, 0) is 52.4 Å². The van der Waals surface area contributed by atoms with Crippen LogP contribution in [0, 0.1) is 0 Å². The van der Waals surface area contributed by atoms with Crippen LogP contribution in [0.1, 0.15) is 27.9 Å². The maximum absolute atomic E-state index is 11.5. The molecule has 1 aliphatic carbocycles. The molecule has 0 spiro atoms. The fourth-order valence-electron chi connectivity index (χ4n) is 2.02. The van der Waals surface area contributed by atoms with Crippen molar-refractivity contribution in [3.05, 3.63) is 27.2 Å². The van der Waals surface area contributed by atoms with E-state index in [0.29, 0.717) is 10.0 Å². The van der Waals surface area contributed by atoms with Gasteiger partial charge in [0.25, 0.3) is 0 Å². The molecule has 0 saturated carbocycles. The summed E-state index contributed by atoms with van der Waals surface area (Å²) in [5.41, 5.74) is 2.38. The molecule has 0 aliphatic heterocycles. The number of ether oxygens (including phenoxy) is 1. The topological polar surface area (TPSA) is 46.5 Å². The highest BCUT2D eigenvalue weighted by Crippen LogP contribution is 2.37. The van der Waals surface area contributed by atoms with E-state index in [2.05, 4.69) is 20.7 Å². The largest absolute Gasteiger partial charge is 0.506 e. The summed E-state index contributed by atoms with van der Waals surface area (Å²) in [6, 6.07) is 1.88. The van der Waals surface area contributed by atoms with E-state index < -0.39 is 5.97 Å². The molecule has 1 aromatic rings. The first kappa shape index (κ1) is 10.5. The molecule has 1 aromatic carbocycles. The van der Waals surface area contributed by atoms with Gasteiger partial charge in [-0.2, -0.15) is 0 Å². The van der Waals surface area contributed by atoms with E-state index in [4.69, 9.17) is 0 Å². The van der Waals surface area contributed by atoms with Gasteiger partial charge in [-0.25, -0.2) is 4.79 Å². The number of phenolic OH excluding ortho intramolecular Hbond substituents is 1. The minimum atomic E-state index is -0.466. The third kappa shape index (κ3) is 1.63. The summed E-state index contributed by atoms with van der Waals surface area (Å²) in [7, 11) is 1.32. The molecule has 0 radical (unpaired) electrons. The zero-order valence-electron chi connectivity index (χ0n) is 8.34. The standard InChI is InChI=1S/C11H11BrO3/c1-15-11(14)9-7-4-2-3-6(7)5-8(12)10(9)13/h5,13H,2-4H2,1H3. The summed E-state index contributed by atoms with van der Waals surface area (Å²) in [5, 5.41) is 9.82. The van der Waals surface area contributed by atoms with Gasteiger partial charge in [0.15, 0.2) is 0 Å². The van der Waals surface area contributed by atoms with Gasteiger partial charge < -0.3 is 9.84 Å². The number of esters is 1.